The van der Waals surface area contributed by atoms with Gasteiger partial charge in [-0.2, -0.15) is 0 Å². The van der Waals surface area contributed by atoms with Crippen molar-refractivity contribution >= 4 is 5.97 Å². The monoisotopic (exact) mass is 398 g/mol. The highest BCUT2D eigenvalue weighted by Crippen LogP contribution is 2.18. The Morgan fingerprint density at radius 1 is 0.643 bits per heavy atom. The lowest BCUT2D eigenvalue weighted by Gasteiger charge is -2.18. The van der Waals surface area contributed by atoms with Crippen LogP contribution >= 0.6 is 0 Å². The highest BCUT2D eigenvalue weighted by atomic mass is 16.5. The zero-order valence-electron chi connectivity index (χ0n) is 19.2. The maximum absolute atomic E-state index is 12.2. The lowest BCUT2D eigenvalue weighted by Crippen LogP contribution is -2.18. The number of carbonyl (C=O) groups is 1. The van der Waals surface area contributed by atoms with Crippen LogP contribution in [0.2, 0.25) is 0 Å². The normalized spacial score (nSPS) is 11.3. The van der Waals surface area contributed by atoms with Crippen LogP contribution in [0.5, 0.6) is 0 Å². The van der Waals surface area contributed by atoms with E-state index in [9.17, 15) is 4.79 Å². The molecule has 168 valence electrons. The van der Waals surface area contributed by atoms with Crippen molar-refractivity contribution in [3.8, 4) is 0 Å². The van der Waals surface area contributed by atoms with E-state index in [0.717, 1.165) is 44.9 Å². The van der Waals surface area contributed by atoms with Crippen LogP contribution in [-0.2, 0) is 9.53 Å². The van der Waals surface area contributed by atoms with Gasteiger partial charge in [-0.25, -0.2) is 0 Å². The van der Waals surface area contributed by atoms with Crippen LogP contribution in [0, 0.1) is 0 Å². The van der Waals surface area contributed by atoms with Crippen LogP contribution in [0.15, 0.2) is 0 Å². The fraction of sp³-hybridized carbons (Fsp3) is 0.960. The molecule has 0 aromatic heterocycles. The molecular weight excluding hydrogens is 348 g/mol. The van der Waals surface area contributed by atoms with Crippen molar-refractivity contribution in [2.75, 3.05) is 6.61 Å². The lowest BCUT2D eigenvalue weighted by molar-refractivity contribution is -0.150. The largest absolute Gasteiger partial charge is 0.462 e. The van der Waals surface area contributed by atoms with Crippen LogP contribution in [0.25, 0.3) is 0 Å². The molecular formula is C25H50O3. The Bertz CT molecular complexity index is 301. The maximum Gasteiger partial charge on any atom is 0.306 e. The predicted molar refractivity (Wildman–Crippen MR) is 121 cm³/mol. The molecule has 0 radical (unpaired) electrons. The van der Waals surface area contributed by atoms with E-state index < -0.39 is 0 Å². The summed E-state index contributed by atoms with van der Waals surface area (Å²) in [6.45, 7) is 4.78. The van der Waals surface area contributed by atoms with Crippen molar-refractivity contribution in [3.63, 3.8) is 0 Å². The van der Waals surface area contributed by atoms with Crippen LogP contribution in [0.1, 0.15) is 142 Å². The minimum Gasteiger partial charge on any atom is -0.462 e. The molecule has 0 atom stereocenters. The molecule has 0 aliphatic rings. The van der Waals surface area contributed by atoms with E-state index in [4.69, 9.17) is 9.84 Å². The van der Waals surface area contributed by atoms with Gasteiger partial charge in [0.25, 0.3) is 0 Å². The Labute approximate surface area is 176 Å². The fourth-order valence-electron chi connectivity index (χ4n) is 3.72. The number of esters is 1. The molecule has 0 rings (SSSR count). The van der Waals surface area contributed by atoms with Crippen molar-refractivity contribution in [1.82, 2.24) is 0 Å². The number of aliphatic hydroxyl groups excluding tert-OH is 1. The highest BCUT2D eigenvalue weighted by Gasteiger charge is 2.14. The fourth-order valence-corrected chi connectivity index (χ4v) is 3.72. The van der Waals surface area contributed by atoms with Crippen molar-refractivity contribution in [2.45, 2.75) is 148 Å². The van der Waals surface area contributed by atoms with E-state index in [-0.39, 0.29) is 18.7 Å². The van der Waals surface area contributed by atoms with Gasteiger partial charge in [-0.15, -0.1) is 0 Å². The molecule has 0 aliphatic carbocycles. The quantitative estimate of drug-likeness (QED) is 0.150. The molecule has 3 nitrogen and oxygen atoms in total. The summed E-state index contributed by atoms with van der Waals surface area (Å²) in [6, 6.07) is 0. The van der Waals surface area contributed by atoms with E-state index in [1.807, 2.05) is 0 Å². The van der Waals surface area contributed by atoms with Gasteiger partial charge in [0.05, 0.1) is 0 Å². The second kappa shape index (κ2) is 22.7. The number of rotatable bonds is 22. The number of hydrogen-bond acceptors (Lipinski definition) is 3. The Balaban J connectivity index is 3.99. The second-order valence-electron chi connectivity index (χ2n) is 8.47. The number of ether oxygens (including phenoxy) is 1. The van der Waals surface area contributed by atoms with Gasteiger partial charge >= 0.3 is 5.97 Å². The molecule has 0 saturated carbocycles. The molecule has 0 aliphatic heterocycles. The summed E-state index contributed by atoms with van der Waals surface area (Å²) >= 11 is 0. The Hall–Kier alpha value is -0.570. The molecule has 0 bridgehead atoms. The van der Waals surface area contributed by atoms with Crippen LogP contribution in [0.4, 0.5) is 0 Å². The SMILES string of the molecule is CCCCCCCCC(CCCCCCCC)OC(=O)CCCCCCCO. The van der Waals surface area contributed by atoms with E-state index in [2.05, 4.69) is 13.8 Å². The average molecular weight is 399 g/mol. The highest BCUT2D eigenvalue weighted by molar-refractivity contribution is 5.69. The molecule has 0 saturated heterocycles. The molecule has 0 spiro atoms. The van der Waals surface area contributed by atoms with Crippen molar-refractivity contribution in [1.29, 1.82) is 0 Å². The third-order valence-corrected chi connectivity index (χ3v) is 5.60. The average Bonchev–Trinajstić information content (AvgIpc) is 2.69. The second-order valence-corrected chi connectivity index (χ2v) is 8.47. The predicted octanol–water partition coefficient (Wildman–Crippen LogP) is 7.73. The van der Waals surface area contributed by atoms with Gasteiger partial charge in [0.1, 0.15) is 6.10 Å². The summed E-state index contributed by atoms with van der Waals surface area (Å²) in [5.41, 5.74) is 0. The molecule has 0 fully saturated rings. The summed E-state index contributed by atoms with van der Waals surface area (Å²) in [5.74, 6) is 0.00382. The first-order valence-corrected chi connectivity index (χ1v) is 12.5. The molecule has 0 unspecified atom stereocenters. The van der Waals surface area contributed by atoms with E-state index in [1.54, 1.807) is 0 Å². The Morgan fingerprint density at radius 2 is 1.07 bits per heavy atom. The zero-order valence-corrected chi connectivity index (χ0v) is 19.2. The Kier molecular flexibility index (Phi) is 22.3. The van der Waals surface area contributed by atoms with E-state index in [0.29, 0.717) is 6.42 Å². The van der Waals surface area contributed by atoms with Crippen LogP contribution in [-0.4, -0.2) is 23.8 Å². The van der Waals surface area contributed by atoms with Gasteiger partial charge in [-0.05, 0) is 38.5 Å². The van der Waals surface area contributed by atoms with E-state index in [1.165, 1.54) is 77.0 Å². The molecule has 0 aromatic carbocycles. The van der Waals surface area contributed by atoms with Gasteiger partial charge in [0.15, 0.2) is 0 Å². The van der Waals surface area contributed by atoms with Gasteiger partial charge < -0.3 is 9.84 Å². The molecule has 3 heteroatoms. The summed E-state index contributed by atoms with van der Waals surface area (Å²) < 4.78 is 5.85. The first-order valence-electron chi connectivity index (χ1n) is 12.5. The van der Waals surface area contributed by atoms with Gasteiger partial charge in [0, 0.05) is 13.0 Å². The van der Waals surface area contributed by atoms with Crippen LogP contribution < -0.4 is 0 Å². The number of hydrogen-bond donors (Lipinski definition) is 1. The van der Waals surface area contributed by atoms with Crippen molar-refractivity contribution in [3.05, 3.63) is 0 Å². The molecule has 1 N–H and O–H groups in total. The molecule has 0 amide bonds. The number of aliphatic hydroxyl groups is 1. The first-order chi connectivity index (χ1) is 13.7. The number of unbranched alkanes of at least 4 members (excludes halogenated alkanes) is 14. The number of carbonyl (C=O) groups excluding carboxylic acids is 1. The van der Waals surface area contributed by atoms with Crippen molar-refractivity contribution < 1.29 is 14.6 Å². The van der Waals surface area contributed by atoms with Gasteiger partial charge in [-0.1, -0.05) is 97.3 Å². The third-order valence-electron chi connectivity index (χ3n) is 5.60. The zero-order chi connectivity index (χ0) is 20.7. The molecule has 28 heavy (non-hydrogen) atoms. The third kappa shape index (κ3) is 20.2. The van der Waals surface area contributed by atoms with Crippen molar-refractivity contribution in [2.24, 2.45) is 0 Å². The van der Waals surface area contributed by atoms with Gasteiger partial charge in [0.2, 0.25) is 0 Å². The minimum absolute atomic E-state index is 0.00382. The minimum atomic E-state index is 0.00382. The summed E-state index contributed by atoms with van der Waals surface area (Å²) in [7, 11) is 0. The summed E-state index contributed by atoms with van der Waals surface area (Å²) in [4.78, 5) is 12.2. The first kappa shape index (κ1) is 27.4. The smallest absolute Gasteiger partial charge is 0.306 e. The maximum atomic E-state index is 12.2. The Morgan fingerprint density at radius 3 is 1.57 bits per heavy atom. The topological polar surface area (TPSA) is 46.5 Å². The standard InChI is InChI=1S/C25H50O3/c1-3-5-7-9-12-16-20-24(21-17-13-10-8-6-4-2)28-25(27)22-18-14-11-15-19-23-26/h24,26H,3-23H2,1-2H3. The lowest BCUT2D eigenvalue weighted by atomic mass is 10.0. The van der Waals surface area contributed by atoms with Crippen LogP contribution in [0.3, 0.4) is 0 Å². The molecule has 0 heterocycles. The van der Waals surface area contributed by atoms with Gasteiger partial charge in [-0.3, -0.25) is 4.79 Å². The van der Waals surface area contributed by atoms with E-state index >= 15 is 0 Å². The summed E-state index contributed by atoms with van der Waals surface area (Å²) in [5, 5.41) is 8.80. The molecule has 0 aromatic rings. The summed E-state index contributed by atoms with van der Waals surface area (Å²) in [6.07, 6.45) is 23.3.